The molecule has 15 heavy (non-hydrogen) atoms. The second-order valence-corrected chi connectivity index (χ2v) is 4.39. The summed E-state index contributed by atoms with van der Waals surface area (Å²) in [7, 11) is 2.06. The van der Waals surface area contributed by atoms with E-state index in [2.05, 4.69) is 37.9 Å². The monoisotopic (exact) mass is 207 g/mol. The van der Waals surface area contributed by atoms with Crippen molar-refractivity contribution in [3.8, 4) is 0 Å². The molecule has 0 fully saturated rings. The number of hydrogen-bond acceptors (Lipinski definition) is 2. The Balaban J connectivity index is 2.58. The first-order chi connectivity index (χ1) is 7.15. The summed E-state index contributed by atoms with van der Waals surface area (Å²) in [5.74, 6) is 0.476. The number of aliphatic hydroxyl groups is 1. The van der Waals surface area contributed by atoms with Gasteiger partial charge in [0.05, 0.1) is 6.61 Å². The Morgan fingerprint density at radius 1 is 1.20 bits per heavy atom. The minimum atomic E-state index is 0.223. The van der Waals surface area contributed by atoms with Gasteiger partial charge in [-0.05, 0) is 18.5 Å². The fraction of sp³-hybridized carbons (Fsp3) is 0.538. The molecule has 0 unspecified atom stereocenters. The van der Waals surface area contributed by atoms with Crippen molar-refractivity contribution < 1.29 is 5.11 Å². The zero-order valence-electron chi connectivity index (χ0n) is 9.85. The second-order valence-electron chi connectivity index (χ2n) is 4.39. The lowest BCUT2D eigenvalue weighted by Gasteiger charge is -2.29. The van der Waals surface area contributed by atoms with Crippen LogP contribution in [0.1, 0.15) is 19.4 Å². The van der Waals surface area contributed by atoms with E-state index >= 15 is 0 Å². The van der Waals surface area contributed by atoms with Crippen LogP contribution in [0.5, 0.6) is 0 Å². The summed E-state index contributed by atoms with van der Waals surface area (Å²) in [6.07, 6.45) is 0. The van der Waals surface area contributed by atoms with Crippen molar-refractivity contribution in [3.05, 3.63) is 35.9 Å². The van der Waals surface area contributed by atoms with Crippen LogP contribution in [0, 0.1) is 5.92 Å². The maximum atomic E-state index is 9.30. The van der Waals surface area contributed by atoms with Crippen molar-refractivity contribution in [2.75, 3.05) is 13.7 Å². The van der Waals surface area contributed by atoms with E-state index in [-0.39, 0.29) is 12.6 Å². The highest BCUT2D eigenvalue weighted by molar-refractivity contribution is 5.14. The largest absolute Gasteiger partial charge is 0.395 e. The molecule has 0 amide bonds. The van der Waals surface area contributed by atoms with E-state index in [0.717, 1.165) is 6.54 Å². The lowest BCUT2D eigenvalue weighted by Crippen LogP contribution is -2.38. The highest BCUT2D eigenvalue weighted by atomic mass is 16.3. The van der Waals surface area contributed by atoms with Gasteiger partial charge in [-0.15, -0.1) is 0 Å². The maximum Gasteiger partial charge on any atom is 0.0589 e. The van der Waals surface area contributed by atoms with Crippen LogP contribution in [0.3, 0.4) is 0 Å². The minimum Gasteiger partial charge on any atom is -0.395 e. The molecule has 0 aliphatic heterocycles. The first-order valence-electron chi connectivity index (χ1n) is 5.50. The molecule has 0 radical (unpaired) electrons. The molecular weight excluding hydrogens is 186 g/mol. The molecule has 1 aromatic rings. The molecule has 2 heteroatoms. The molecule has 0 saturated heterocycles. The van der Waals surface area contributed by atoms with E-state index in [4.69, 9.17) is 0 Å². The van der Waals surface area contributed by atoms with E-state index in [1.165, 1.54) is 5.56 Å². The molecule has 1 atom stereocenters. The quantitative estimate of drug-likeness (QED) is 0.799. The molecule has 1 N–H and O–H groups in total. The molecule has 0 heterocycles. The first-order valence-corrected chi connectivity index (χ1v) is 5.50. The highest BCUT2D eigenvalue weighted by Gasteiger charge is 2.17. The number of likely N-dealkylation sites (N-methyl/N-ethyl adjacent to an activating group) is 1. The number of nitrogens with zero attached hydrogens (tertiary/aromatic N) is 1. The Bertz CT molecular complexity index is 271. The predicted octanol–water partition coefficient (Wildman–Crippen LogP) is 2.14. The zero-order valence-corrected chi connectivity index (χ0v) is 9.85. The van der Waals surface area contributed by atoms with Crippen LogP contribution < -0.4 is 0 Å². The fourth-order valence-corrected chi connectivity index (χ4v) is 1.85. The molecule has 0 spiro atoms. The standard InChI is InChI=1S/C13H21NO/c1-11(2)13(10-15)14(3)9-12-7-5-4-6-8-12/h4-8,11,13,15H,9-10H2,1-3H3/t13-/m1/s1. The van der Waals surface area contributed by atoms with Gasteiger partial charge in [-0.25, -0.2) is 0 Å². The van der Waals surface area contributed by atoms with E-state index in [1.54, 1.807) is 0 Å². The summed E-state index contributed by atoms with van der Waals surface area (Å²) >= 11 is 0. The Morgan fingerprint density at radius 2 is 1.80 bits per heavy atom. The number of rotatable bonds is 5. The van der Waals surface area contributed by atoms with Crippen molar-refractivity contribution in [1.82, 2.24) is 4.90 Å². The van der Waals surface area contributed by atoms with Gasteiger partial charge in [-0.1, -0.05) is 44.2 Å². The number of hydrogen-bond donors (Lipinski definition) is 1. The van der Waals surface area contributed by atoms with Gasteiger partial charge in [-0.2, -0.15) is 0 Å². The lowest BCUT2D eigenvalue weighted by molar-refractivity contribution is 0.108. The van der Waals surface area contributed by atoms with Gasteiger partial charge in [0.1, 0.15) is 0 Å². The Morgan fingerprint density at radius 3 is 2.27 bits per heavy atom. The summed E-state index contributed by atoms with van der Waals surface area (Å²) in [5, 5.41) is 9.30. The van der Waals surface area contributed by atoms with Crippen LogP contribution in [0.4, 0.5) is 0 Å². The van der Waals surface area contributed by atoms with E-state index < -0.39 is 0 Å². The van der Waals surface area contributed by atoms with Gasteiger partial charge in [0.25, 0.3) is 0 Å². The number of benzene rings is 1. The van der Waals surface area contributed by atoms with Gasteiger partial charge < -0.3 is 5.11 Å². The summed E-state index contributed by atoms with van der Waals surface area (Å²) in [6.45, 7) is 5.40. The van der Waals surface area contributed by atoms with E-state index in [1.807, 2.05) is 18.2 Å². The summed E-state index contributed by atoms with van der Waals surface area (Å²) in [5.41, 5.74) is 1.29. The first kappa shape index (κ1) is 12.2. The molecule has 84 valence electrons. The molecule has 1 aromatic carbocycles. The van der Waals surface area contributed by atoms with Crippen molar-refractivity contribution in [1.29, 1.82) is 0 Å². The molecule has 0 aliphatic rings. The summed E-state index contributed by atoms with van der Waals surface area (Å²) < 4.78 is 0. The third-order valence-corrected chi connectivity index (χ3v) is 2.80. The van der Waals surface area contributed by atoms with Crippen LogP contribution in [0.2, 0.25) is 0 Å². The SMILES string of the molecule is CC(C)[C@@H](CO)N(C)Cc1ccccc1. The Kier molecular flexibility index (Phi) is 4.79. The Hall–Kier alpha value is -0.860. The highest BCUT2D eigenvalue weighted by Crippen LogP contribution is 2.12. The average molecular weight is 207 g/mol. The van der Waals surface area contributed by atoms with Crippen molar-refractivity contribution >= 4 is 0 Å². The summed E-state index contributed by atoms with van der Waals surface area (Å²) in [4.78, 5) is 2.21. The zero-order chi connectivity index (χ0) is 11.3. The molecule has 0 aliphatic carbocycles. The second kappa shape index (κ2) is 5.89. The molecule has 0 aromatic heterocycles. The molecule has 0 saturated carbocycles. The van der Waals surface area contributed by atoms with Gasteiger partial charge in [-0.3, -0.25) is 4.90 Å². The van der Waals surface area contributed by atoms with Crippen LogP contribution in [0.25, 0.3) is 0 Å². The van der Waals surface area contributed by atoms with E-state index in [9.17, 15) is 5.11 Å². The minimum absolute atomic E-state index is 0.223. The normalized spacial score (nSPS) is 13.5. The average Bonchev–Trinajstić information content (AvgIpc) is 2.19. The van der Waals surface area contributed by atoms with Crippen LogP contribution in [-0.4, -0.2) is 29.7 Å². The predicted molar refractivity (Wildman–Crippen MR) is 63.6 cm³/mol. The lowest BCUT2D eigenvalue weighted by atomic mass is 10.0. The van der Waals surface area contributed by atoms with Crippen molar-refractivity contribution in [2.45, 2.75) is 26.4 Å². The van der Waals surface area contributed by atoms with Gasteiger partial charge >= 0.3 is 0 Å². The Labute approximate surface area is 92.5 Å². The summed E-state index contributed by atoms with van der Waals surface area (Å²) in [6, 6.07) is 10.6. The van der Waals surface area contributed by atoms with E-state index in [0.29, 0.717) is 5.92 Å². The van der Waals surface area contributed by atoms with Gasteiger partial charge in [0, 0.05) is 12.6 Å². The smallest absolute Gasteiger partial charge is 0.0589 e. The third kappa shape index (κ3) is 3.65. The van der Waals surface area contributed by atoms with Gasteiger partial charge in [0.2, 0.25) is 0 Å². The van der Waals surface area contributed by atoms with Gasteiger partial charge in [0.15, 0.2) is 0 Å². The third-order valence-electron chi connectivity index (χ3n) is 2.80. The number of aliphatic hydroxyl groups excluding tert-OH is 1. The van der Waals surface area contributed by atoms with Crippen molar-refractivity contribution in [3.63, 3.8) is 0 Å². The fourth-order valence-electron chi connectivity index (χ4n) is 1.85. The molecule has 0 bridgehead atoms. The van der Waals surface area contributed by atoms with Crippen LogP contribution in [0.15, 0.2) is 30.3 Å². The van der Waals surface area contributed by atoms with Crippen LogP contribution in [-0.2, 0) is 6.54 Å². The van der Waals surface area contributed by atoms with Crippen molar-refractivity contribution in [2.24, 2.45) is 5.92 Å². The van der Waals surface area contributed by atoms with Crippen LogP contribution >= 0.6 is 0 Å². The molecule has 1 rings (SSSR count). The topological polar surface area (TPSA) is 23.5 Å². The maximum absolute atomic E-state index is 9.30. The molecular formula is C13H21NO. The molecule has 2 nitrogen and oxygen atoms in total.